The summed E-state index contributed by atoms with van der Waals surface area (Å²) >= 11 is 0. The van der Waals surface area contributed by atoms with Crippen LogP contribution in [0.25, 0.3) is 0 Å². The number of rotatable bonds is 4. The van der Waals surface area contributed by atoms with Crippen molar-refractivity contribution in [2.45, 2.75) is 20.0 Å². The molecule has 0 radical (unpaired) electrons. The minimum Gasteiger partial charge on any atom is -0.466 e. The fraction of sp³-hybridized carbons (Fsp3) is 0.417. The lowest BCUT2D eigenvalue weighted by atomic mass is 9.99. The van der Waals surface area contributed by atoms with Crippen LogP contribution in [-0.4, -0.2) is 12.6 Å². The van der Waals surface area contributed by atoms with Crippen LogP contribution in [0, 0.1) is 5.92 Å². The number of hydrogen-bond acceptors (Lipinski definition) is 2. The second kappa shape index (κ2) is 5.49. The van der Waals surface area contributed by atoms with Crippen LogP contribution in [0.3, 0.4) is 0 Å². The number of benzene rings is 1. The Bertz CT molecular complexity index is 311. The molecule has 0 heterocycles. The molecule has 1 aromatic rings. The van der Waals surface area contributed by atoms with E-state index in [0.717, 1.165) is 0 Å². The topological polar surface area (TPSA) is 26.3 Å². The first-order chi connectivity index (χ1) is 7.16. The molecule has 2 atom stereocenters. The third-order valence-corrected chi connectivity index (χ3v) is 2.22. The smallest absolute Gasteiger partial charge is 0.311 e. The summed E-state index contributed by atoms with van der Waals surface area (Å²) in [6.07, 6.45) is -1.30. The van der Waals surface area contributed by atoms with Crippen LogP contribution < -0.4 is 0 Å². The molecule has 0 fully saturated rings. The molecule has 15 heavy (non-hydrogen) atoms. The molecular formula is C12H15FO2. The van der Waals surface area contributed by atoms with E-state index in [1.54, 1.807) is 31.2 Å². The van der Waals surface area contributed by atoms with Gasteiger partial charge in [-0.1, -0.05) is 30.3 Å². The zero-order valence-electron chi connectivity index (χ0n) is 8.94. The monoisotopic (exact) mass is 210 g/mol. The molecule has 0 aliphatic rings. The molecule has 0 aromatic heterocycles. The minimum absolute atomic E-state index is 0.282. The van der Waals surface area contributed by atoms with Crippen molar-refractivity contribution in [3.63, 3.8) is 0 Å². The van der Waals surface area contributed by atoms with Gasteiger partial charge >= 0.3 is 5.97 Å². The van der Waals surface area contributed by atoms with Gasteiger partial charge in [-0.3, -0.25) is 4.79 Å². The standard InChI is InChI=1S/C12H15FO2/c1-3-15-12(14)9(2)11(13)10-7-5-4-6-8-10/h4-9,11H,3H2,1-2H3/t9-,11-/m1/s1. The second-order valence-corrected chi connectivity index (χ2v) is 3.35. The Morgan fingerprint density at radius 3 is 2.53 bits per heavy atom. The Morgan fingerprint density at radius 2 is 2.00 bits per heavy atom. The highest BCUT2D eigenvalue weighted by atomic mass is 19.1. The molecule has 1 aromatic carbocycles. The molecule has 82 valence electrons. The molecule has 0 amide bonds. The Hall–Kier alpha value is -1.38. The van der Waals surface area contributed by atoms with Crippen LogP contribution in [0.15, 0.2) is 30.3 Å². The first-order valence-corrected chi connectivity index (χ1v) is 5.02. The predicted octanol–water partition coefficient (Wildman–Crippen LogP) is 2.90. The van der Waals surface area contributed by atoms with E-state index in [1.165, 1.54) is 6.92 Å². The van der Waals surface area contributed by atoms with Crippen molar-refractivity contribution in [1.29, 1.82) is 0 Å². The van der Waals surface area contributed by atoms with E-state index in [9.17, 15) is 9.18 Å². The lowest BCUT2D eigenvalue weighted by molar-refractivity contribution is -0.149. The van der Waals surface area contributed by atoms with Crippen LogP contribution in [0.5, 0.6) is 0 Å². The summed E-state index contributed by atoms with van der Waals surface area (Å²) in [4.78, 5) is 11.3. The van der Waals surface area contributed by atoms with Crippen molar-refractivity contribution < 1.29 is 13.9 Å². The van der Waals surface area contributed by atoms with Gasteiger partial charge in [0.2, 0.25) is 0 Å². The van der Waals surface area contributed by atoms with Gasteiger partial charge in [0.15, 0.2) is 0 Å². The van der Waals surface area contributed by atoms with Gasteiger partial charge in [-0.15, -0.1) is 0 Å². The average molecular weight is 210 g/mol. The summed E-state index contributed by atoms with van der Waals surface area (Å²) in [5.41, 5.74) is 0.512. The maximum atomic E-state index is 13.8. The summed E-state index contributed by atoms with van der Waals surface area (Å²) in [5.74, 6) is -1.25. The van der Waals surface area contributed by atoms with E-state index < -0.39 is 18.1 Å². The second-order valence-electron chi connectivity index (χ2n) is 3.35. The highest BCUT2D eigenvalue weighted by molar-refractivity contribution is 5.72. The van der Waals surface area contributed by atoms with Crippen LogP contribution in [0.1, 0.15) is 25.6 Å². The first-order valence-electron chi connectivity index (χ1n) is 5.02. The van der Waals surface area contributed by atoms with Gasteiger partial charge in [0, 0.05) is 0 Å². The molecule has 0 aliphatic heterocycles. The number of ether oxygens (including phenoxy) is 1. The number of alkyl halides is 1. The third-order valence-electron chi connectivity index (χ3n) is 2.22. The zero-order chi connectivity index (χ0) is 11.3. The number of carbonyl (C=O) groups is 1. The fourth-order valence-corrected chi connectivity index (χ4v) is 1.32. The summed E-state index contributed by atoms with van der Waals surface area (Å²) in [7, 11) is 0. The summed E-state index contributed by atoms with van der Waals surface area (Å²) in [6.45, 7) is 3.53. The Kier molecular flexibility index (Phi) is 4.28. The van der Waals surface area contributed by atoms with Gasteiger partial charge in [0.1, 0.15) is 6.17 Å². The molecule has 0 unspecified atom stereocenters. The van der Waals surface area contributed by atoms with Gasteiger partial charge in [-0.2, -0.15) is 0 Å². The highest BCUT2D eigenvalue weighted by Crippen LogP contribution is 2.26. The Balaban J connectivity index is 2.68. The van der Waals surface area contributed by atoms with E-state index >= 15 is 0 Å². The van der Waals surface area contributed by atoms with E-state index in [2.05, 4.69) is 0 Å². The first kappa shape index (κ1) is 11.7. The van der Waals surface area contributed by atoms with Crippen LogP contribution >= 0.6 is 0 Å². The van der Waals surface area contributed by atoms with Crippen molar-refractivity contribution in [3.05, 3.63) is 35.9 Å². The third kappa shape index (κ3) is 3.05. The molecule has 0 saturated heterocycles. The predicted molar refractivity (Wildman–Crippen MR) is 56.1 cm³/mol. The molecule has 0 bridgehead atoms. The summed E-state index contributed by atoms with van der Waals surface area (Å²) < 4.78 is 18.6. The molecule has 3 heteroatoms. The van der Waals surface area contributed by atoms with E-state index in [1.807, 2.05) is 6.07 Å². The maximum absolute atomic E-state index is 13.8. The van der Waals surface area contributed by atoms with Crippen molar-refractivity contribution in [2.75, 3.05) is 6.61 Å². The molecule has 0 spiro atoms. The number of hydrogen-bond donors (Lipinski definition) is 0. The SMILES string of the molecule is CCOC(=O)[C@H](C)[C@@H](F)c1ccccc1. The number of esters is 1. The lowest BCUT2D eigenvalue weighted by Crippen LogP contribution is -2.19. The Morgan fingerprint density at radius 1 is 1.40 bits per heavy atom. The molecule has 0 saturated carbocycles. The summed E-state index contributed by atoms with van der Waals surface area (Å²) in [6, 6.07) is 8.64. The van der Waals surface area contributed by atoms with Crippen LogP contribution in [0.4, 0.5) is 4.39 Å². The van der Waals surface area contributed by atoms with Gasteiger partial charge in [-0.05, 0) is 19.4 Å². The largest absolute Gasteiger partial charge is 0.466 e. The normalized spacial score (nSPS) is 14.3. The maximum Gasteiger partial charge on any atom is 0.311 e. The highest BCUT2D eigenvalue weighted by Gasteiger charge is 2.25. The lowest BCUT2D eigenvalue weighted by Gasteiger charge is -2.15. The minimum atomic E-state index is -1.30. The van der Waals surface area contributed by atoms with Crippen molar-refractivity contribution in [1.82, 2.24) is 0 Å². The Labute approximate surface area is 89.1 Å². The van der Waals surface area contributed by atoms with Gasteiger partial charge in [-0.25, -0.2) is 4.39 Å². The molecule has 2 nitrogen and oxygen atoms in total. The summed E-state index contributed by atoms with van der Waals surface area (Å²) in [5, 5.41) is 0. The van der Waals surface area contributed by atoms with Crippen LogP contribution in [0.2, 0.25) is 0 Å². The number of carbonyl (C=O) groups excluding carboxylic acids is 1. The van der Waals surface area contributed by atoms with Crippen molar-refractivity contribution in [3.8, 4) is 0 Å². The molecule has 0 aliphatic carbocycles. The van der Waals surface area contributed by atoms with E-state index in [4.69, 9.17) is 4.74 Å². The van der Waals surface area contributed by atoms with Gasteiger partial charge < -0.3 is 4.74 Å². The quantitative estimate of drug-likeness (QED) is 0.714. The number of halogens is 1. The fourth-order valence-electron chi connectivity index (χ4n) is 1.32. The van der Waals surface area contributed by atoms with Crippen molar-refractivity contribution >= 4 is 5.97 Å². The molecule has 0 N–H and O–H groups in total. The van der Waals surface area contributed by atoms with Crippen LogP contribution in [-0.2, 0) is 9.53 Å². The van der Waals surface area contributed by atoms with Crippen molar-refractivity contribution in [2.24, 2.45) is 5.92 Å². The molecular weight excluding hydrogens is 195 g/mol. The molecule has 1 rings (SSSR count). The van der Waals surface area contributed by atoms with E-state index in [0.29, 0.717) is 5.56 Å². The van der Waals surface area contributed by atoms with E-state index in [-0.39, 0.29) is 6.61 Å². The zero-order valence-corrected chi connectivity index (χ0v) is 8.94. The van der Waals surface area contributed by atoms with Gasteiger partial charge in [0.05, 0.1) is 12.5 Å². The average Bonchev–Trinajstić information content (AvgIpc) is 2.28. The van der Waals surface area contributed by atoms with Gasteiger partial charge in [0.25, 0.3) is 0 Å².